The van der Waals surface area contributed by atoms with Crippen molar-refractivity contribution in [1.29, 1.82) is 0 Å². The van der Waals surface area contributed by atoms with Crippen LogP contribution in [0.3, 0.4) is 0 Å². The number of nitrogens with zero attached hydrogens (tertiary/aromatic N) is 1. The Balaban J connectivity index is 1.48. The van der Waals surface area contributed by atoms with Crippen LogP contribution in [0.2, 0.25) is 5.02 Å². The van der Waals surface area contributed by atoms with Crippen molar-refractivity contribution in [2.45, 2.75) is 33.1 Å². The lowest BCUT2D eigenvalue weighted by molar-refractivity contribution is -0.120. The molecular weight excluding hydrogens is 497 g/mol. The predicted molar refractivity (Wildman–Crippen MR) is 145 cm³/mol. The van der Waals surface area contributed by atoms with Gasteiger partial charge in [-0.3, -0.25) is 14.4 Å². The Kier molecular flexibility index (Phi) is 7.77. The van der Waals surface area contributed by atoms with Crippen molar-refractivity contribution in [1.82, 2.24) is 0 Å². The topological polar surface area (TPSA) is 78.5 Å². The normalized spacial score (nSPS) is 13.4. The van der Waals surface area contributed by atoms with Crippen molar-refractivity contribution in [3.63, 3.8) is 0 Å². The van der Waals surface area contributed by atoms with Crippen molar-refractivity contribution >= 4 is 58.0 Å². The number of halogens is 2. The van der Waals surface area contributed by atoms with E-state index in [1.54, 1.807) is 42.5 Å². The summed E-state index contributed by atoms with van der Waals surface area (Å²) >= 11 is 12.4. The average molecular weight is 522 g/mol. The molecule has 4 rings (SSSR count). The fourth-order valence-electron chi connectivity index (χ4n) is 3.79. The molecule has 2 N–H and O–H groups in total. The monoisotopic (exact) mass is 521 g/mol. The molecule has 0 bridgehead atoms. The Hall–Kier alpha value is -3.61. The van der Waals surface area contributed by atoms with Gasteiger partial charge in [0.15, 0.2) is 0 Å². The molecule has 6 nitrogen and oxygen atoms in total. The van der Waals surface area contributed by atoms with Crippen LogP contribution in [0.15, 0.2) is 77.5 Å². The summed E-state index contributed by atoms with van der Waals surface area (Å²) in [6, 6.07) is 19.3. The average Bonchev–Trinajstić information content (AvgIpc) is 3.08. The lowest BCUT2D eigenvalue weighted by atomic mass is 10.1. The van der Waals surface area contributed by atoms with E-state index in [2.05, 4.69) is 17.6 Å². The second-order valence-corrected chi connectivity index (χ2v) is 9.31. The van der Waals surface area contributed by atoms with Gasteiger partial charge in [0.1, 0.15) is 10.7 Å². The van der Waals surface area contributed by atoms with E-state index in [1.165, 1.54) is 5.56 Å². The van der Waals surface area contributed by atoms with Crippen molar-refractivity contribution in [3.8, 4) is 0 Å². The van der Waals surface area contributed by atoms with Gasteiger partial charge in [-0.05, 0) is 73.4 Å². The van der Waals surface area contributed by atoms with Crippen LogP contribution in [0.4, 0.5) is 17.1 Å². The first-order valence-corrected chi connectivity index (χ1v) is 12.4. The van der Waals surface area contributed by atoms with Gasteiger partial charge in [-0.15, -0.1) is 0 Å². The number of anilines is 3. The number of amides is 3. The van der Waals surface area contributed by atoms with Crippen molar-refractivity contribution in [2.24, 2.45) is 0 Å². The number of benzene rings is 3. The molecule has 8 heteroatoms. The number of hydrogen-bond acceptors (Lipinski definition) is 4. The molecule has 0 saturated carbocycles. The summed E-state index contributed by atoms with van der Waals surface area (Å²) in [5.74, 6) is -1.56. The second-order valence-electron chi connectivity index (χ2n) is 8.53. The van der Waals surface area contributed by atoms with E-state index in [9.17, 15) is 14.4 Å². The Morgan fingerprint density at radius 2 is 1.67 bits per heavy atom. The van der Waals surface area contributed by atoms with Gasteiger partial charge in [0.2, 0.25) is 0 Å². The fourth-order valence-corrected chi connectivity index (χ4v) is 4.18. The van der Waals surface area contributed by atoms with Crippen LogP contribution >= 0.6 is 23.2 Å². The van der Waals surface area contributed by atoms with E-state index >= 15 is 0 Å². The number of carbonyl (C=O) groups excluding carboxylic acids is 3. The van der Waals surface area contributed by atoms with Gasteiger partial charge in [0.25, 0.3) is 17.7 Å². The minimum absolute atomic E-state index is 0.0707. The molecule has 0 aliphatic carbocycles. The third-order valence-electron chi connectivity index (χ3n) is 5.87. The number of carbonyl (C=O) groups is 3. The van der Waals surface area contributed by atoms with E-state index < -0.39 is 11.8 Å². The van der Waals surface area contributed by atoms with Gasteiger partial charge in [0.05, 0.1) is 5.69 Å². The standard InChI is InChI=1S/C28H25Cl2N3O3/c1-3-4-6-18-10-12-20(13-11-18)32-26(34)19-7-5-8-21(15-19)31-25-24(30)27(35)33(28(25)36)22-14-9-17(2)23(29)16-22/h5,7-16,31H,3-4,6H2,1-2H3,(H,32,34). The molecule has 184 valence electrons. The highest BCUT2D eigenvalue weighted by molar-refractivity contribution is 6.53. The van der Waals surface area contributed by atoms with E-state index in [-0.39, 0.29) is 16.6 Å². The zero-order valence-electron chi connectivity index (χ0n) is 19.9. The molecule has 3 aromatic carbocycles. The zero-order chi connectivity index (χ0) is 25.8. The molecular formula is C28H25Cl2N3O3. The van der Waals surface area contributed by atoms with Gasteiger partial charge in [-0.25, -0.2) is 4.90 Å². The Morgan fingerprint density at radius 1 is 0.917 bits per heavy atom. The Morgan fingerprint density at radius 3 is 2.36 bits per heavy atom. The number of nitrogens with one attached hydrogen (secondary N) is 2. The summed E-state index contributed by atoms with van der Waals surface area (Å²) < 4.78 is 0. The molecule has 0 unspecified atom stereocenters. The number of rotatable bonds is 8. The fraction of sp³-hybridized carbons (Fsp3) is 0.179. The van der Waals surface area contributed by atoms with E-state index in [0.717, 1.165) is 29.7 Å². The molecule has 0 saturated heterocycles. The predicted octanol–water partition coefficient (Wildman–Crippen LogP) is 6.68. The lowest BCUT2D eigenvalue weighted by Gasteiger charge is -2.16. The molecule has 1 aliphatic heterocycles. The summed E-state index contributed by atoms with van der Waals surface area (Å²) in [5, 5.41) is 5.97. The quantitative estimate of drug-likeness (QED) is 0.324. The molecule has 3 amide bonds. The number of unbranched alkanes of at least 4 members (excludes halogenated alkanes) is 1. The van der Waals surface area contributed by atoms with Crippen LogP contribution in [-0.4, -0.2) is 17.7 Å². The van der Waals surface area contributed by atoms with Crippen LogP contribution in [0.25, 0.3) is 0 Å². The van der Waals surface area contributed by atoms with Crippen LogP contribution in [0.1, 0.15) is 41.3 Å². The minimum Gasteiger partial charge on any atom is -0.350 e. The molecule has 0 radical (unpaired) electrons. The van der Waals surface area contributed by atoms with E-state index in [4.69, 9.17) is 23.2 Å². The summed E-state index contributed by atoms with van der Waals surface area (Å²) in [7, 11) is 0. The first-order chi connectivity index (χ1) is 17.3. The molecule has 0 fully saturated rings. The number of aryl methyl sites for hydroxylation is 2. The van der Waals surface area contributed by atoms with Crippen LogP contribution in [0, 0.1) is 6.92 Å². The highest BCUT2D eigenvalue weighted by atomic mass is 35.5. The molecule has 3 aromatic rings. The zero-order valence-corrected chi connectivity index (χ0v) is 21.4. The summed E-state index contributed by atoms with van der Waals surface area (Å²) in [6.45, 7) is 3.97. The van der Waals surface area contributed by atoms with Crippen LogP contribution < -0.4 is 15.5 Å². The highest BCUT2D eigenvalue weighted by Gasteiger charge is 2.39. The summed E-state index contributed by atoms with van der Waals surface area (Å²) in [5.41, 5.74) is 3.81. The third-order valence-corrected chi connectivity index (χ3v) is 6.62. The smallest absolute Gasteiger partial charge is 0.283 e. The first-order valence-electron chi connectivity index (χ1n) is 11.6. The minimum atomic E-state index is -0.652. The maximum Gasteiger partial charge on any atom is 0.283 e. The van der Waals surface area contributed by atoms with Gasteiger partial charge in [0, 0.05) is 22.0 Å². The Bertz CT molecular complexity index is 1370. The van der Waals surface area contributed by atoms with Crippen molar-refractivity contribution in [3.05, 3.63) is 99.2 Å². The van der Waals surface area contributed by atoms with Gasteiger partial charge in [-0.1, -0.05) is 60.8 Å². The molecule has 0 aromatic heterocycles. The van der Waals surface area contributed by atoms with Gasteiger partial charge >= 0.3 is 0 Å². The van der Waals surface area contributed by atoms with Crippen molar-refractivity contribution < 1.29 is 14.4 Å². The van der Waals surface area contributed by atoms with Gasteiger partial charge < -0.3 is 10.6 Å². The van der Waals surface area contributed by atoms with Crippen molar-refractivity contribution in [2.75, 3.05) is 15.5 Å². The van der Waals surface area contributed by atoms with Crippen LogP contribution in [-0.2, 0) is 16.0 Å². The third kappa shape index (κ3) is 5.45. The highest BCUT2D eigenvalue weighted by Crippen LogP contribution is 2.32. The lowest BCUT2D eigenvalue weighted by Crippen LogP contribution is -2.32. The SMILES string of the molecule is CCCCc1ccc(NC(=O)c2cccc(NC3=C(Cl)C(=O)N(c4ccc(C)c(Cl)c4)C3=O)c2)cc1. The molecule has 1 aliphatic rings. The number of hydrogen-bond donors (Lipinski definition) is 2. The second kappa shape index (κ2) is 11.0. The number of imide groups is 1. The summed E-state index contributed by atoms with van der Waals surface area (Å²) in [6.07, 6.45) is 3.26. The molecule has 0 spiro atoms. The molecule has 0 atom stereocenters. The molecule has 1 heterocycles. The van der Waals surface area contributed by atoms with E-state index in [1.807, 2.05) is 31.2 Å². The Labute approximate surface area is 219 Å². The van der Waals surface area contributed by atoms with Crippen LogP contribution in [0.5, 0.6) is 0 Å². The largest absolute Gasteiger partial charge is 0.350 e. The van der Waals surface area contributed by atoms with E-state index in [0.29, 0.717) is 27.6 Å². The van der Waals surface area contributed by atoms with Gasteiger partial charge in [-0.2, -0.15) is 0 Å². The maximum absolute atomic E-state index is 13.1. The maximum atomic E-state index is 13.1. The summed E-state index contributed by atoms with van der Waals surface area (Å²) in [4.78, 5) is 39.6. The first kappa shape index (κ1) is 25.5. The molecule has 36 heavy (non-hydrogen) atoms.